The van der Waals surface area contributed by atoms with Crippen molar-refractivity contribution in [3.05, 3.63) is 22.2 Å². The molecule has 0 saturated carbocycles. The molecule has 0 radical (unpaired) electrons. The van der Waals surface area contributed by atoms with Crippen molar-refractivity contribution in [1.82, 2.24) is 0 Å². The second-order valence-corrected chi connectivity index (χ2v) is 3.29. The molecule has 15 heavy (non-hydrogen) atoms. The minimum absolute atomic E-state index is 0.0342. The molecule has 0 bridgehead atoms. The summed E-state index contributed by atoms with van der Waals surface area (Å²) in [4.78, 5) is 0. The fourth-order valence-corrected chi connectivity index (χ4v) is 1.34. The van der Waals surface area contributed by atoms with Gasteiger partial charge >= 0.3 is 6.61 Å². The molecule has 0 aliphatic rings. The number of hydrogen-bond donors (Lipinski definition) is 0. The van der Waals surface area contributed by atoms with Crippen LogP contribution in [0.5, 0.6) is 11.5 Å². The maximum atomic E-state index is 12.0. The summed E-state index contributed by atoms with van der Waals surface area (Å²) >= 11 is 11.5. The molecule has 84 valence electrons. The van der Waals surface area contributed by atoms with Crippen molar-refractivity contribution in [2.75, 3.05) is 6.61 Å². The van der Waals surface area contributed by atoms with Gasteiger partial charge in [-0.05, 0) is 19.1 Å². The first-order valence-corrected chi connectivity index (χ1v) is 4.87. The maximum Gasteiger partial charge on any atom is 0.387 e. The van der Waals surface area contributed by atoms with E-state index in [0.717, 1.165) is 0 Å². The van der Waals surface area contributed by atoms with Gasteiger partial charge in [0.2, 0.25) is 0 Å². The van der Waals surface area contributed by atoms with Gasteiger partial charge in [0, 0.05) is 0 Å². The van der Waals surface area contributed by atoms with Crippen LogP contribution < -0.4 is 9.47 Å². The van der Waals surface area contributed by atoms with Crippen LogP contribution in [-0.2, 0) is 0 Å². The highest BCUT2D eigenvalue weighted by Crippen LogP contribution is 2.40. The lowest BCUT2D eigenvalue weighted by Gasteiger charge is -2.13. The van der Waals surface area contributed by atoms with Crippen LogP contribution >= 0.6 is 23.2 Å². The highest BCUT2D eigenvalue weighted by Gasteiger charge is 2.16. The zero-order valence-electron chi connectivity index (χ0n) is 7.77. The topological polar surface area (TPSA) is 18.5 Å². The molecule has 0 aromatic heterocycles. The first kappa shape index (κ1) is 12.3. The summed E-state index contributed by atoms with van der Waals surface area (Å²) in [5.41, 5.74) is 0. The second kappa shape index (κ2) is 5.37. The Morgan fingerprint density at radius 2 is 2.00 bits per heavy atom. The molecular weight excluding hydrogens is 249 g/mol. The molecule has 0 aliphatic heterocycles. The van der Waals surface area contributed by atoms with E-state index in [-0.39, 0.29) is 28.2 Å². The highest BCUT2D eigenvalue weighted by atomic mass is 35.5. The number of hydrogen-bond acceptors (Lipinski definition) is 2. The van der Waals surface area contributed by atoms with Crippen LogP contribution in [0.2, 0.25) is 10.0 Å². The normalized spacial score (nSPS) is 10.5. The van der Waals surface area contributed by atoms with E-state index in [9.17, 15) is 8.78 Å². The van der Waals surface area contributed by atoms with E-state index in [4.69, 9.17) is 27.9 Å². The number of alkyl halides is 2. The van der Waals surface area contributed by atoms with Gasteiger partial charge in [0.1, 0.15) is 5.02 Å². The summed E-state index contributed by atoms with van der Waals surface area (Å²) in [6, 6.07) is 2.65. The van der Waals surface area contributed by atoms with Gasteiger partial charge in [0.25, 0.3) is 0 Å². The lowest BCUT2D eigenvalue weighted by Crippen LogP contribution is -2.04. The van der Waals surface area contributed by atoms with E-state index >= 15 is 0 Å². The van der Waals surface area contributed by atoms with Gasteiger partial charge in [0.05, 0.1) is 11.6 Å². The van der Waals surface area contributed by atoms with Gasteiger partial charge in [-0.2, -0.15) is 8.78 Å². The highest BCUT2D eigenvalue weighted by molar-refractivity contribution is 6.43. The average molecular weight is 257 g/mol. The molecule has 1 rings (SSSR count). The molecule has 1 aromatic rings. The Morgan fingerprint density at radius 3 is 2.53 bits per heavy atom. The molecule has 1 aromatic carbocycles. The smallest absolute Gasteiger partial charge is 0.387 e. The molecule has 0 fully saturated rings. The van der Waals surface area contributed by atoms with Crippen molar-refractivity contribution in [2.24, 2.45) is 0 Å². The van der Waals surface area contributed by atoms with E-state index in [1.807, 2.05) is 0 Å². The zero-order chi connectivity index (χ0) is 11.4. The third kappa shape index (κ3) is 3.11. The summed E-state index contributed by atoms with van der Waals surface area (Å²) in [5.74, 6) is -0.0896. The molecule has 0 unspecified atom stereocenters. The van der Waals surface area contributed by atoms with Crippen molar-refractivity contribution in [2.45, 2.75) is 13.5 Å². The fraction of sp³-hybridized carbons (Fsp3) is 0.333. The molecule has 0 amide bonds. The van der Waals surface area contributed by atoms with Crippen LogP contribution in [0.4, 0.5) is 8.78 Å². The van der Waals surface area contributed by atoms with Crippen molar-refractivity contribution < 1.29 is 18.3 Å². The Kier molecular flexibility index (Phi) is 4.42. The van der Waals surface area contributed by atoms with Gasteiger partial charge in [-0.25, -0.2) is 0 Å². The first-order chi connectivity index (χ1) is 7.06. The van der Waals surface area contributed by atoms with E-state index in [2.05, 4.69) is 4.74 Å². The molecule has 0 saturated heterocycles. The number of halogens is 4. The Morgan fingerprint density at radius 1 is 1.33 bits per heavy atom. The molecular formula is C9H8Cl2F2O2. The quantitative estimate of drug-likeness (QED) is 0.811. The van der Waals surface area contributed by atoms with E-state index in [1.165, 1.54) is 12.1 Å². The minimum Gasteiger partial charge on any atom is -0.488 e. The van der Waals surface area contributed by atoms with E-state index < -0.39 is 6.61 Å². The SMILES string of the molecule is CCOc1c(OC(F)F)ccc(Cl)c1Cl. The van der Waals surface area contributed by atoms with Crippen LogP contribution in [0.3, 0.4) is 0 Å². The molecule has 0 N–H and O–H groups in total. The summed E-state index contributed by atoms with van der Waals surface area (Å²) in [6.07, 6.45) is 0. The summed E-state index contributed by atoms with van der Waals surface area (Å²) in [7, 11) is 0. The standard InChI is InChI=1S/C9H8Cl2F2O2/c1-2-14-8-6(15-9(12)13)4-3-5(10)7(8)11/h3-4,9H,2H2,1H3. The summed E-state index contributed by atoms with van der Waals surface area (Å²) in [6.45, 7) is -0.954. The Bertz CT molecular complexity index is 345. The molecule has 0 aliphatic carbocycles. The Balaban J connectivity index is 3.08. The van der Waals surface area contributed by atoms with Gasteiger partial charge in [-0.3, -0.25) is 0 Å². The van der Waals surface area contributed by atoms with Gasteiger partial charge < -0.3 is 9.47 Å². The fourth-order valence-electron chi connectivity index (χ4n) is 0.982. The third-order valence-electron chi connectivity index (χ3n) is 1.52. The molecule has 2 nitrogen and oxygen atoms in total. The Labute approximate surface area is 95.7 Å². The van der Waals surface area contributed by atoms with Crippen molar-refractivity contribution in [3.63, 3.8) is 0 Å². The number of rotatable bonds is 4. The monoisotopic (exact) mass is 256 g/mol. The predicted octanol–water partition coefficient (Wildman–Crippen LogP) is 3.99. The van der Waals surface area contributed by atoms with Crippen LogP contribution in [0.15, 0.2) is 12.1 Å². The third-order valence-corrected chi connectivity index (χ3v) is 2.31. The molecule has 0 atom stereocenters. The van der Waals surface area contributed by atoms with Crippen LogP contribution in [0.1, 0.15) is 6.92 Å². The summed E-state index contributed by atoms with van der Waals surface area (Å²) in [5, 5.41) is 0.290. The lowest BCUT2D eigenvalue weighted by molar-refractivity contribution is -0.0514. The van der Waals surface area contributed by atoms with Crippen LogP contribution in [-0.4, -0.2) is 13.2 Å². The van der Waals surface area contributed by atoms with Gasteiger partial charge in [0.15, 0.2) is 11.5 Å². The zero-order valence-corrected chi connectivity index (χ0v) is 9.28. The molecule has 0 heterocycles. The van der Waals surface area contributed by atoms with E-state index in [0.29, 0.717) is 0 Å². The van der Waals surface area contributed by atoms with Gasteiger partial charge in [-0.1, -0.05) is 23.2 Å². The van der Waals surface area contributed by atoms with Crippen molar-refractivity contribution in [3.8, 4) is 11.5 Å². The molecule has 6 heteroatoms. The average Bonchev–Trinajstić information content (AvgIpc) is 2.17. The molecule has 0 spiro atoms. The van der Waals surface area contributed by atoms with Crippen molar-refractivity contribution in [1.29, 1.82) is 0 Å². The van der Waals surface area contributed by atoms with Crippen LogP contribution in [0, 0.1) is 0 Å². The number of ether oxygens (including phenoxy) is 2. The minimum atomic E-state index is -2.93. The van der Waals surface area contributed by atoms with Crippen LogP contribution in [0.25, 0.3) is 0 Å². The number of benzene rings is 1. The first-order valence-electron chi connectivity index (χ1n) is 4.11. The maximum absolute atomic E-state index is 12.0. The lowest BCUT2D eigenvalue weighted by atomic mass is 10.3. The predicted molar refractivity (Wildman–Crippen MR) is 54.3 cm³/mol. The largest absolute Gasteiger partial charge is 0.488 e. The van der Waals surface area contributed by atoms with Crippen molar-refractivity contribution >= 4 is 23.2 Å². The second-order valence-electron chi connectivity index (χ2n) is 2.50. The van der Waals surface area contributed by atoms with Gasteiger partial charge in [-0.15, -0.1) is 0 Å². The van der Waals surface area contributed by atoms with E-state index in [1.54, 1.807) is 6.92 Å². The summed E-state index contributed by atoms with van der Waals surface area (Å²) < 4.78 is 33.3. The Hall–Kier alpha value is -0.740.